The van der Waals surface area contributed by atoms with Gasteiger partial charge in [-0.2, -0.15) is 0 Å². The average molecular weight is 281 g/mol. The predicted molar refractivity (Wildman–Crippen MR) is 75.0 cm³/mol. The van der Waals surface area contributed by atoms with Crippen LogP contribution in [0.5, 0.6) is 0 Å². The van der Waals surface area contributed by atoms with E-state index in [-0.39, 0.29) is 11.4 Å². The number of carbonyl (C=O) groups excluding carboxylic acids is 1. The fourth-order valence-corrected chi connectivity index (χ4v) is 3.49. The van der Waals surface area contributed by atoms with Gasteiger partial charge < -0.3 is 15.0 Å². The molecular weight excluding hydrogens is 262 g/mol. The highest BCUT2D eigenvalue weighted by Crippen LogP contribution is 2.31. The van der Waals surface area contributed by atoms with E-state index in [1.54, 1.807) is 0 Å². The third-order valence-electron chi connectivity index (χ3n) is 3.61. The second-order valence-corrected chi connectivity index (χ2v) is 6.69. The molecule has 1 aromatic heterocycles. The summed E-state index contributed by atoms with van der Waals surface area (Å²) in [5, 5.41) is 4.04. The van der Waals surface area contributed by atoms with Crippen molar-refractivity contribution in [2.45, 2.75) is 32.2 Å². The highest BCUT2D eigenvalue weighted by atomic mass is 32.1. The zero-order valence-electron chi connectivity index (χ0n) is 11.4. The van der Waals surface area contributed by atoms with Crippen LogP contribution in [0.4, 0.5) is 5.13 Å². The Morgan fingerprint density at radius 3 is 2.84 bits per heavy atom. The van der Waals surface area contributed by atoms with Gasteiger partial charge in [-0.25, -0.2) is 4.98 Å². The van der Waals surface area contributed by atoms with Crippen molar-refractivity contribution >= 4 is 22.4 Å². The number of hydrogen-bond acceptors (Lipinski definition) is 5. The number of ether oxygens (including phenoxy) is 1. The van der Waals surface area contributed by atoms with Crippen molar-refractivity contribution in [3.63, 3.8) is 0 Å². The molecule has 6 heteroatoms. The summed E-state index contributed by atoms with van der Waals surface area (Å²) in [5.74, 6) is 0.0227. The SMILES string of the molecule is CC1(C)CCc2nc(N3CCOCC3)sc2C(=O)N1. The Morgan fingerprint density at radius 1 is 1.37 bits per heavy atom. The maximum atomic E-state index is 12.2. The van der Waals surface area contributed by atoms with Gasteiger partial charge in [-0.1, -0.05) is 11.3 Å². The Labute approximate surface area is 117 Å². The number of thiazole rings is 1. The van der Waals surface area contributed by atoms with Gasteiger partial charge in [-0.3, -0.25) is 4.79 Å². The lowest BCUT2D eigenvalue weighted by molar-refractivity contribution is 0.0920. The number of anilines is 1. The van der Waals surface area contributed by atoms with E-state index < -0.39 is 0 Å². The van der Waals surface area contributed by atoms with Gasteiger partial charge in [0.15, 0.2) is 5.13 Å². The molecule has 104 valence electrons. The molecule has 1 N–H and O–H groups in total. The number of nitrogens with zero attached hydrogens (tertiary/aromatic N) is 2. The van der Waals surface area contributed by atoms with Gasteiger partial charge in [0.1, 0.15) is 4.88 Å². The van der Waals surface area contributed by atoms with E-state index in [2.05, 4.69) is 29.0 Å². The summed E-state index contributed by atoms with van der Waals surface area (Å²) < 4.78 is 5.35. The molecule has 19 heavy (non-hydrogen) atoms. The molecule has 2 aliphatic heterocycles. The van der Waals surface area contributed by atoms with Crippen LogP contribution >= 0.6 is 11.3 Å². The molecule has 1 amide bonds. The van der Waals surface area contributed by atoms with Crippen molar-refractivity contribution in [2.24, 2.45) is 0 Å². The molecule has 2 aliphatic rings. The van der Waals surface area contributed by atoms with Gasteiger partial charge in [0, 0.05) is 18.6 Å². The molecule has 5 nitrogen and oxygen atoms in total. The first-order valence-corrected chi connectivity index (χ1v) is 7.52. The molecule has 0 unspecified atom stereocenters. The zero-order valence-corrected chi connectivity index (χ0v) is 12.2. The number of carbonyl (C=O) groups is 1. The lowest BCUT2D eigenvalue weighted by atomic mass is 9.99. The number of aromatic nitrogens is 1. The molecule has 0 radical (unpaired) electrons. The molecule has 1 aromatic rings. The van der Waals surface area contributed by atoms with E-state index >= 15 is 0 Å². The summed E-state index contributed by atoms with van der Waals surface area (Å²) in [6.07, 6.45) is 1.79. The highest BCUT2D eigenvalue weighted by molar-refractivity contribution is 7.17. The van der Waals surface area contributed by atoms with Gasteiger partial charge in [0.25, 0.3) is 5.91 Å². The minimum absolute atomic E-state index is 0.0227. The van der Waals surface area contributed by atoms with E-state index in [9.17, 15) is 4.79 Å². The fraction of sp³-hybridized carbons (Fsp3) is 0.692. The third-order valence-corrected chi connectivity index (χ3v) is 4.77. The highest BCUT2D eigenvalue weighted by Gasteiger charge is 2.30. The van der Waals surface area contributed by atoms with Crippen molar-refractivity contribution in [3.05, 3.63) is 10.6 Å². The number of nitrogens with one attached hydrogen (secondary N) is 1. The molecule has 0 bridgehead atoms. The molecule has 0 spiro atoms. The van der Waals surface area contributed by atoms with E-state index in [0.29, 0.717) is 0 Å². The zero-order chi connectivity index (χ0) is 13.5. The number of rotatable bonds is 1. The van der Waals surface area contributed by atoms with Crippen LogP contribution in [0, 0.1) is 0 Å². The molecule has 1 saturated heterocycles. The van der Waals surface area contributed by atoms with Gasteiger partial charge in [0.05, 0.1) is 18.9 Å². The van der Waals surface area contributed by atoms with Crippen LogP contribution in [-0.2, 0) is 11.2 Å². The van der Waals surface area contributed by atoms with Crippen molar-refractivity contribution in [2.75, 3.05) is 31.2 Å². The summed E-state index contributed by atoms with van der Waals surface area (Å²) in [6.45, 7) is 7.32. The van der Waals surface area contributed by atoms with Crippen molar-refractivity contribution in [1.82, 2.24) is 10.3 Å². The molecular formula is C13H19N3O2S. The van der Waals surface area contributed by atoms with Crippen molar-refractivity contribution < 1.29 is 9.53 Å². The Balaban J connectivity index is 1.86. The maximum Gasteiger partial charge on any atom is 0.263 e. The van der Waals surface area contributed by atoms with Crippen LogP contribution in [0.15, 0.2) is 0 Å². The summed E-state index contributed by atoms with van der Waals surface area (Å²) in [4.78, 5) is 19.9. The molecule has 0 aromatic carbocycles. The average Bonchev–Trinajstić information content (AvgIpc) is 2.77. The summed E-state index contributed by atoms with van der Waals surface area (Å²) >= 11 is 1.51. The van der Waals surface area contributed by atoms with E-state index in [1.807, 2.05) is 0 Å². The van der Waals surface area contributed by atoms with Gasteiger partial charge >= 0.3 is 0 Å². The fourth-order valence-electron chi connectivity index (χ4n) is 2.43. The Bertz CT molecular complexity index is 492. The Morgan fingerprint density at radius 2 is 2.11 bits per heavy atom. The molecule has 0 atom stereocenters. The summed E-state index contributed by atoms with van der Waals surface area (Å²) in [6, 6.07) is 0. The minimum Gasteiger partial charge on any atom is -0.378 e. The Hall–Kier alpha value is -1.14. The first-order valence-electron chi connectivity index (χ1n) is 6.70. The maximum absolute atomic E-state index is 12.2. The molecule has 3 rings (SSSR count). The van der Waals surface area contributed by atoms with Gasteiger partial charge in [0.2, 0.25) is 0 Å². The van der Waals surface area contributed by atoms with Gasteiger partial charge in [-0.05, 0) is 26.7 Å². The van der Waals surface area contributed by atoms with Crippen molar-refractivity contribution in [1.29, 1.82) is 0 Å². The number of aryl methyl sites for hydroxylation is 1. The van der Waals surface area contributed by atoms with Crippen LogP contribution in [0.1, 0.15) is 35.6 Å². The predicted octanol–water partition coefficient (Wildman–Crippen LogP) is 1.43. The quantitative estimate of drug-likeness (QED) is 0.846. The number of morpholine rings is 1. The van der Waals surface area contributed by atoms with Crippen LogP contribution < -0.4 is 10.2 Å². The number of fused-ring (bicyclic) bond motifs is 1. The minimum atomic E-state index is -0.142. The molecule has 0 saturated carbocycles. The first kappa shape index (κ1) is 12.9. The summed E-state index contributed by atoms with van der Waals surface area (Å²) in [7, 11) is 0. The van der Waals surface area contributed by atoms with Crippen LogP contribution in [0.3, 0.4) is 0 Å². The third kappa shape index (κ3) is 2.60. The Kier molecular flexibility index (Phi) is 3.22. The van der Waals surface area contributed by atoms with E-state index in [1.165, 1.54) is 11.3 Å². The second kappa shape index (κ2) is 4.76. The van der Waals surface area contributed by atoms with Crippen LogP contribution in [-0.4, -0.2) is 42.7 Å². The van der Waals surface area contributed by atoms with Crippen molar-refractivity contribution in [3.8, 4) is 0 Å². The molecule has 0 aliphatic carbocycles. The lowest BCUT2D eigenvalue weighted by Crippen LogP contribution is -2.41. The number of hydrogen-bond donors (Lipinski definition) is 1. The number of amides is 1. The van der Waals surface area contributed by atoms with Crippen LogP contribution in [0.25, 0.3) is 0 Å². The standard InChI is InChI=1S/C13H19N3O2S/c1-13(2)4-3-9-10(11(17)15-13)19-12(14-9)16-5-7-18-8-6-16/h3-8H2,1-2H3,(H,15,17). The van der Waals surface area contributed by atoms with Gasteiger partial charge in [-0.15, -0.1) is 0 Å². The monoisotopic (exact) mass is 281 g/mol. The van der Waals surface area contributed by atoms with Crippen LogP contribution in [0.2, 0.25) is 0 Å². The topological polar surface area (TPSA) is 54.5 Å². The van der Waals surface area contributed by atoms with E-state index in [0.717, 1.165) is 54.8 Å². The first-order chi connectivity index (χ1) is 9.05. The molecule has 1 fully saturated rings. The second-order valence-electron chi connectivity index (χ2n) is 5.71. The molecule has 3 heterocycles. The normalized spacial score (nSPS) is 22.6. The van der Waals surface area contributed by atoms with E-state index in [4.69, 9.17) is 4.74 Å². The smallest absolute Gasteiger partial charge is 0.263 e. The lowest BCUT2D eigenvalue weighted by Gasteiger charge is -2.26. The summed E-state index contributed by atoms with van der Waals surface area (Å²) in [5.41, 5.74) is 0.811. The largest absolute Gasteiger partial charge is 0.378 e.